The number of aliphatic hydroxyl groups excluding tert-OH is 1. The summed E-state index contributed by atoms with van der Waals surface area (Å²) in [6.45, 7) is 5.65. The number of nitrogens with zero attached hydrogens (tertiary/aromatic N) is 1. The molecule has 0 aromatic rings. The van der Waals surface area contributed by atoms with Crippen molar-refractivity contribution >= 4 is 11.8 Å². The lowest BCUT2D eigenvalue weighted by Crippen LogP contribution is -2.52. The van der Waals surface area contributed by atoms with Crippen molar-refractivity contribution in [2.75, 3.05) is 6.61 Å². The van der Waals surface area contributed by atoms with Gasteiger partial charge >= 0.3 is 0 Å². The number of carbonyl (C=O) groups is 2. The first-order valence-corrected chi connectivity index (χ1v) is 6.97. The molecule has 4 nitrogen and oxygen atoms in total. The normalized spacial score (nSPS) is 34.9. The van der Waals surface area contributed by atoms with E-state index in [1.165, 1.54) is 4.90 Å². The lowest BCUT2D eigenvalue weighted by Gasteiger charge is -2.35. The van der Waals surface area contributed by atoms with Crippen molar-refractivity contribution in [3.63, 3.8) is 0 Å². The number of imide groups is 1. The average molecular weight is 253 g/mol. The standard InChI is InChI=1S/C14H23NO3/c1-4-9-6-10-11(7-9)13(18)15(12(10)17)14(3,5-2)8-16/h9-11,16H,4-8H2,1-3H3. The van der Waals surface area contributed by atoms with Crippen molar-refractivity contribution in [1.29, 1.82) is 0 Å². The van der Waals surface area contributed by atoms with Gasteiger partial charge in [0.1, 0.15) is 0 Å². The zero-order chi connectivity index (χ0) is 13.5. The van der Waals surface area contributed by atoms with E-state index >= 15 is 0 Å². The maximum atomic E-state index is 12.4. The first-order chi connectivity index (χ1) is 8.48. The second-order valence-electron chi connectivity index (χ2n) is 5.98. The van der Waals surface area contributed by atoms with Crippen molar-refractivity contribution in [3.05, 3.63) is 0 Å². The van der Waals surface area contributed by atoms with Gasteiger partial charge in [0.25, 0.3) is 0 Å². The largest absolute Gasteiger partial charge is 0.394 e. The summed E-state index contributed by atoms with van der Waals surface area (Å²) < 4.78 is 0. The van der Waals surface area contributed by atoms with Crippen LogP contribution in [0.4, 0.5) is 0 Å². The topological polar surface area (TPSA) is 57.6 Å². The van der Waals surface area contributed by atoms with E-state index in [0.717, 1.165) is 19.3 Å². The summed E-state index contributed by atoms with van der Waals surface area (Å²) in [7, 11) is 0. The van der Waals surface area contributed by atoms with Gasteiger partial charge in [-0.15, -0.1) is 0 Å². The highest BCUT2D eigenvalue weighted by atomic mass is 16.3. The fourth-order valence-corrected chi connectivity index (χ4v) is 3.34. The van der Waals surface area contributed by atoms with Crippen LogP contribution in [0, 0.1) is 17.8 Å². The third-order valence-electron chi connectivity index (χ3n) is 4.95. The Morgan fingerprint density at radius 3 is 2.06 bits per heavy atom. The number of aliphatic hydroxyl groups is 1. The second kappa shape index (κ2) is 4.65. The summed E-state index contributed by atoms with van der Waals surface area (Å²) >= 11 is 0. The van der Waals surface area contributed by atoms with Crippen molar-refractivity contribution in [3.8, 4) is 0 Å². The summed E-state index contributed by atoms with van der Waals surface area (Å²) in [5.74, 6) is 0.149. The number of hydrogen-bond acceptors (Lipinski definition) is 3. The van der Waals surface area contributed by atoms with E-state index in [-0.39, 0.29) is 30.3 Å². The Hall–Kier alpha value is -0.900. The van der Waals surface area contributed by atoms with E-state index in [0.29, 0.717) is 12.3 Å². The van der Waals surface area contributed by atoms with Gasteiger partial charge in [0, 0.05) is 0 Å². The van der Waals surface area contributed by atoms with Crippen molar-refractivity contribution in [1.82, 2.24) is 4.90 Å². The minimum Gasteiger partial charge on any atom is -0.394 e. The van der Waals surface area contributed by atoms with Crippen molar-refractivity contribution in [2.45, 2.75) is 52.0 Å². The molecule has 3 atom stereocenters. The Balaban J connectivity index is 2.24. The molecule has 2 amide bonds. The summed E-state index contributed by atoms with van der Waals surface area (Å²) in [6, 6.07) is 0. The average Bonchev–Trinajstić information content (AvgIpc) is 2.90. The van der Waals surface area contributed by atoms with Crippen LogP contribution in [0.15, 0.2) is 0 Å². The molecule has 102 valence electrons. The molecular formula is C14H23NO3. The fourth-order valence-electron chi connectivity index (χ4n) is 3.34. The van der Waals surface area contributed by atoms with Gasteiger partial charge in [-0.2, -0.15) is 0 Å². The molecule has 4 heteroatoms. The molecule has 1 saturated carbocycles. The molecule has 18 heavy (non-hydrogen) atoms. The van der Waals surface area contributed by atoms with Crippen LogP contribution in [-0.4, -0.2) is 34.0 Å². The van der Waals surface area contributed by atoms with Gasteiger partial charge < -0.3 is 5.11 Å². The fraction of sp³-hybridized carbons (Fsp3) is 0.857. The summed E-state index contributed by atoms with van der Waals surface area (Å²) in [6.07, 6.45) is 3.32. The second-order valence-corrected chi connectivity index (χ2v) is 5.98. The smallest absolute Gasteiger partial charge is 0.233 e. The third kappa shape index (κ3) is 1.78. The number of carbonyl (C=O) groups excluding carboxylic acids is 2. The first-order valence-electron chi connectivity index (χ1n) is 6.97. The van der Waals surface area contributed by atoms with Crippen LogP contribution in [0.25, 0.3) is 0 Å². The number of rotatable bonds is 4. The van der Waals surface area contributed by atoms with Crippen LogP contribution < -0.4 is 0 Å². The lowest BCUT2D eigenvalue weighted by molar-refractivity contribution is -0.149. The molecule has 1 heterocycles. The molecule has 0 radical (unpaired) electrons. The molecule has 1 saturated heterocycles. The SMILES string of the molecule is CCC1CC2C(=O)N(C(C)(CC)CO)C(=O)C2C1. The third-order valence-corrected chi connectivity index (χ3v) is 4.95. The van der Waals surface area contributed by atoms with E-state index in [9.17, 15) is 14.7 Å². The van der Waals surface area contributed by atoms with Gasteiger partial charge in [0.2, 0.25) is 11.8 Å². The highest BCUT2D eigenvalue weighted by Crippen LogP contribution is 2.46. The van der Waals surface area contributed by atoms with E-state index in [4.69, 9.17) is 0 Å². The number of fused-ring (bicyclic) bond motifs is 1. The molecule has 1 aliphatic carbocycles. The van der Waals surface area contributed by atoms with Crippen LogP contribution in [0.5, 0.6) is 0 Å². The van der Waals surface area contributed by atoms with Gasteiger partial charge in [0.05, 0.1) is 24.0 Å². The number of likely N-dealkylation sites (tertiary alicyclic amines) is 1. The Kier molecular flexibility index (Phi) is 3.49. The predicted molar refractivity (Wildman–Crippen MR) is 67.6 cm³/mol. The van der Waals surface area contributed by atoms with Crippen molar-refractivity contribution in [2.24, 2.45) is 17.8 Å². The maximum absolute atomic E-state index is 12.4. The highest BCUT2D eigenvalue weighted by molar-refractivity contribution is 6.06. The number of amides is 2. The van der Waals surface area contributed by atoms with Crippen LogP contribution in [0.2, 0.25) is 0 Å². The summed E-state index contributed by atoms with van der Waals surface area (Å²) in [5.41, 5.74) is -0.722. The zero-order valence-corrected chi connectivity index (χ0v) is 11.5. The quantitative estimate of drug-likeness (QED) is 0.774. The molecule has 1 N–H and O–H groups in total. The summed E-state index contributed by atoms with van der Waals surface area (Å²) in [4.78, 5) is 26.2. The Morgan fingerprint density at radius 2 is 1.72 bits per heavy atom. The van der Waals surface area contributed by atoms with E-state index in [1.54, 1.807) is 6.92 Å². The molecule has 0 bridgehead atoms. The Bertz CT molecular complexity index is 338. The molecule has 3 unspecified atom stereocenters. The number of hydrogen-bond donors (Lipinski definition) is 1. The molecule has 2 aliphatic rings. The molecular weight excluding hydrogens is 230 g/mol. The summed E-state index contributed by atoms with van der Waals surface area (Å²) in [5, 5.41) is 9.50. The van der Waals surface area contributed by atoms with E-state index < -0.39 is 5.54 Å². The first kappa shape index (κ1) is 13.5. The van der Waals surface area contributed by atoms with Gasteiger partial charge in [-0.1, -0.05) is 20.3 Å². The molecule has 0 aromatic carbocycles. The minimum atomic E-state index is -0.722. The molecule has 0 spiro atoms. The molecule has 0 aromatic heterocycles. The molecule has 2 rings (SSSR count). The monoisotopic (exact) mass is 253 g/mol. The minimum absolute atomic E-state index is 0.0562. The van der Waals surface area contributed by atoms with Gasteiger partial charge in [-0.25, -0.2) is 0 Å². The van der Waals surface area contributed by atoms with Gasteiger partial charge in [-0.05, 0) is 32.1 Å². The van der Waals surface area contributed by atoms with Crippen LogP contribution in [0.3, 0.4) is 0 Å². The van der Waals surface area contributed by atoms with Crippen molar-refractivity contribution < 1.29 is 14.7 Å². The van der Waals surface area contributed by atoms with Crippen LogP contribution in [0.1, 0.15) is 46.5 Å². The predicted octanol–water partition coefficient (Wildman–Crippen LogP) is 1.57. The Morgan fingerprint density at radius 1 is 1.22 bits per heavy atom. The lowest BCUT2D eigenvalue weighted by atomic mass is 9.96. The molecule has 1 aliphatic heterocycles. The maximum Gasteiger partial charge on any atom is 0.233 e. The zero-order valence-electron chi connectivity index (χ0n) is 11.5. The van der Waals surface area contributed by atoms with Gasteiger partial charge in [-0.3, -0.25) is 14.5 Å². The Labute approximate surface area is 108 Å². The highest BCUT2D eigenvalue weighted by Gasteiger charge is 2.56. The van der Waals surface area contributed by atoms with E-state index in [2.05, 4.69) is 6.92 Å². The van der Waals surface area contributed by atoms with Crippen LogP contribution in [-0.2, 0) is 9.59 Å². The molecule has 2 fully saturated rings. The van der Waals surface area contributed by atoms with Gasteiger partial charge in [0.15, 0.2) is 0 Å². The van der Waals surface area contributed by atoms with E-state index in [1.807, 2.05) is 6.92 Å². The van der Waals surface area contributed by atoms with Crippen LogP contribution >= 0.6 is 0 Å².